The van der Waals surface area contributed by atoms with Crippen LogP contribution in [0, 0.1) is 24.0 Å². The average Bonchev–Trinajstić information content (AvgIpc) is 2.66. The van der Waals surface area contributed by atoms with E-state index in [1.165, 1.54) is 24.3 Å². The Labute approximate surface area is 155 Å². The number of benzene rings is 2. The van der Waals surface area contributed by atoms with E-state index in [0.29, 0.717) is 11.4 Å². The van der Waals surface area contributed by atoms with Crippen molar-refractivity contribution in [2.45, 2.75) is 20.1 Å². The Kier molecular flexibility index (Phi) is 5.05. The van der Waals surface area contributed by atoms with Crippen molar-refractivity contribution >= 4 is 5.69 Å². The standard InChI is InChI=1S/C20H18N2O5/c1-12-9-15(10-13(2)19(12)23)14-3-8-18(21-11-14)20(24)27-17-6-4-16(5-7-17)22(25)26/h3-11,20,23-24H,1-2H3. The highest BCUT2D eigenvalue weighted by Gasteiger charge is 2.13. The zero-order valence-corrected chi connectivity index (χ0v) is 14.8. The number of aryl methyl sites for hydroxylation is 2. The molecule has 0 radical (unpaired) electrons. The normalized spacial score (nSPS) is 11.8. The van der Waals surface area contributed by atoms with Crippen LogP contribution in [0.1, 0.15) is 23.1 Å². The summed E-state index contributed by atoms with van der Waals surface area (Å²) >= 11 is 0. The van der Waals surface area contributed by atoms with E-state index in [0.717, 1.165) is 22.3 Å². The van der Waals surface area contributed by atoms with Gasteiger partial charge in [0.1, 0.15) is 17.2 Å². The minimum Gasteiger partial charge on any atom is -0.507 e. The number of hydrogen-bond acceptors (Lipinski definition) is 6. The van der Waals surface area contributed by atoms with Crippen molar-refractivity contribution in [1.82, 2.24) is 4.98 Å². The van der Waals surface area contributed by atoms with E-state index in [9.17, 15) is 20.3 Å². The zero-order valence-electron chi connectivity index (χ0n) is 14.8. The van der Waals surface area contributed by atoms with Crippen LogP contribution in [0.25, 0.3) is 11.1 Å². The van der Waals surface area contributed by atoms with Crippen LogP contribution < -0.4 is 4.74 Å². The van der Waals surface area contributed by atoms with Gasteiger partial charge in [0.05, 0.1) is 4.92 Å². The number of phenolic OH excluding ortho intramolecular Hbond substituents is 1. The smallest absolute Gasteiger partial charge is 0.269 e. The number of nitro benzene ring substituents is 1. The van der Waals surface area contributed by atoms with Gasteiger partial charge in [-0.05, 0) is 60.9 Å². The number of nitro groups is 1. The average molecular weight is 366 g/mol. The molecular weight excluding hydrogens is 348 g/mol. The topological polar surface area (TPSA) is 106 Å². The molecule has 3 aromatic rings. The third kappa shape index (κ3) is 4.04. The van der Waals surface area contributed by atoms with Gasteiger partial charge in [0, 0.05) is 23.9 Å². The predicted octanol–water partition coefficient (Wildman–Crippen LogP) is 4.05. The molecule has 0 aliphatic rings. The van der Waals surface area contributed by atoms with Crippen LogP contribution in [-0.2, 0) is 0 Å². The Morgan fingerprint density at radius 3 is 2.19 bits per heavy atom. The SMILES string of the molecule is Cc1cc(-c2ccc(C(O)Oc3ccc([N+](=O)[O-])cc3)nc2)cc(C)c1O. The summed E-state index contributed by atoms with van der Waals surface area (Å²) in [5.74, 6) is 0.569. The van der Waals surface area contributed by atoms with Crippen molar-refractivity contribution in [2.75, 3.05) is 0 Å². The van der Waals surface area contributed by atoms with E-state index in [-0.39, 0.29) is 11.4 Å². The van der Waals surface area contributed by atoms with Crippen LogP contribution in [-0.4, -0.2) is 20.1 Å². The zero-order chi connectivity index (χ0) is 19.6. The second kappa shape index (κ2) is 7.43. The van der Waals surface area contributed by atoms with E-state index < -0.39 is 11.2 Å². The number of non-ortho nitro benzene ring substituents is 1. The Hall–Kier alpha value is -3.45. The first kappa shape index (κ1) is 18.3. The molecular formula is C20H18N2O5. The minimum absolute atomic E-state index is 0.0567. The lowest BCUT2D eigenvalue weighted by atomic mass is 10.0. The van der Waals surface area contributed by atoms with Crippen molar-refractivity contribution in [3.63, 3.8) is 0 Å². The molecule has 3 rings (SSSR count). The molecule has 0 fully saturated rings. The largest absolute Gasteiger partial charge is 0.507 e. The van der Waals surface area contributed by atoms with Crippen LogP contribution in [0.2, 0.25) is 0 Å². The van der Waals surface area contributed by atoms with Crippen LogP contribution in [0.3, 0.4) is 0 Å². The minimum atomic E-state index is -1.30. The van der Waals surface area contributed by atoms with E-state index in [2.05, 4.69) is 4.98 Å². The van der Waals surface area contributed by atoms with Gasteiger partial charge in [-0.15, -0.1) is 0 Å². The fraction of sp³-hybridized carbons (Fsp3) is 0.150. The first-order valence-corrected chi connectivity index (χ1v) is 8.21. The molecule has 1 atom stereocenters. The highest BCUT2D eigenvalue weighted by Crippen LogP contribution is 2.29. The number of aliphatic hydroxyl groups excluding tert-OH is 1. The number of aliphatic hydroxyl groups is 1. The van der Waals surface area contributed by atoms with Gasteiger partial charge in [-0.1, -0.05) is 6.07 Å². The summed E-state index contributed by atoms with van der Waals surface area (Å²) in [5.41, 5.74) is 3.55. The molecule has 7 heteroatoms. The van der Waals surface area contributed by atoms with Crippen LogP contribution in [0.15, 0.2) is 54.7 Å². The summed E-state index contributed by atoms with van der Waals surface area (Å²) in [6, 6.07) is 12.6. The summed E-state index contributed by atoms with van der Waals surface area (Å²) in [4.78, 5) is 14.4. The molecule has 0 saturated heterocycles. The fourth-order valence-corrected chi connectivity index (χ4v) is 2.68. The van der Waals surface area contributed by atoms with Gasteiger partial charge >= 0.3 is 0 Å². The van der Waals surface area contributed by atoms with E-state index in [1.54, 1.807) is 18.3 Å². The van der Waals surface area contributed by atoms with Crippen molar-refractivity contribution in [3.8, 4) is 22.6 Å². The third-order valence-electron chi connectivity index (χ3n) is 4.16. The second-order valence-electron chi connectivity index (χ2n) is 6.15. The van der Waals surface area contributed by atoms with Crippen molar-refractivity contribution in [2.24, 2.45) is 0 Å². The Balaban J connectivity index is 1.75. The molecule has 1 aromatic heterocycles. The van der Waals surface area contributed by atoms with Gasteiger partial charge in [0.25, 0.3) is 5.69 Å². The highest BCUT2D eigenvalue weighted by atomic mass is 16.6. The molecule has 0 amide bonds. The molecule has 27 heavy (non-hydrogen) atoms. The number of aromatic nitrogens is 1. The maximum atomic E-state index is 10.7. The van der Waals surface area contributed by atoms with Gasteiger partial charge < -0.3 is 14.9 Å². The van der Waals surface area contributed by atoms with Gasteiger partial charge in [0.2, 0.25) is 6.29 Å². The molecule has 0 aliphatic carbocycles. The molecule has 1 unspecified atom stereocenters. The van der Waals surface area contributed by atoms with Gasteiger partial charge in [-0.25, -0.2) is 0 Å². The number of rotatable bonds is 5. The van der Waals surface area contributed by atoms with Gasteiger partial charge in [-0.3, -0.25) is 15.1 Å². The number of hydrogen-bond donors (Lipinski definition) is 2. The summed E-state index contributed by atoms with van der Waals surface area (Å²) in [6.45, 7) is 3.66. The summed E-state index contributed by atoms with van der Waals surface area (Å²) in [6.07, 6.45) is 0.312. The molecule has 2 aromatic carbocycles. The third-order valence-corrected chi connectivity index (χ3v) is 4.16. The maximum absolute atomic E-state index is 10.7. The van der Waals surface area contributed by atoms with Crippen molar-refractivity contribution < 1.29 is 19.9 Å². The van der Waals surface area contributed by atoms with Crippen LogP contribution in [0.5, 0.6) is 11.5 Å². The lowest BCUT2D eigenvalue weighted by molar-refractivity contribution is -0.384. The molecule has 7 nitrogen and oxygen atoms in total. The number of ether oxygens (including phenoxy) is 1. The van der Waals surface area contributed by atoms with Gasteiger partial charge in [0.15, 0.2) is 0 Å². The Morgan fingerprint density at radius 2 is 1.67 bits per heavy atom. The van der Waals surface area contributed by atoms with Crippen molar-refractivity contribution in [1.29, 1.82) is 0 Å². The predicted molar refractivity (Wildman–Crippen MR) is 99.5 cm³/mol. The lowest BCUT2D eigenvalue weighted by Gasteiger charge is -2.13. The van der Waals surface area contributed by atoms with Crippen LogP contribution >= 0.6 is 0 Å². The monoisotopic (exact) mass is 366 g/mol. The summed E-state index contributed by atoms with van der Waals surface area (Å²) < 4.78 is 5.37. The summed E-state index contributed by atoms with van der Waals surface area (Å²) in [5, 5.41) is 30.7. The molecule has 0 saturated carbocycles. The number of phenols is 1. The quantitative estimate of drug-likeness (QED) is 0.401. The molecule has 2 N–H and O–H groups in total. The second-order valence-corrected chi connectivity index (χ2v) is 6.15. The molecule has 0 bridgehead atoms. The lowest BCUT2D eigenvalue weighted by Crippen LogP contribution is -2.08. The van der Waals surface area contributed by atoms with Gasteiger partial charge in [-0.2, -0.15) is 0 Å². The summed E-state index contributed by atoms with van der Waals surface area (Å²) in [7, 11) is 0. The first-order valence-electron chi connectivity index (χ1n) is 8.21. The first-order chi connectivity index (χ1) is 12.8. The van der Waals surface area contributed by atoms with Crippen LogP contribution in [0.4, 0.5) is 5.69 Å². The molecule has 1 heterocycles. The fourth-order valence-electron chi connectivity index (χ4n) is 2.68. The van der Waals surface area contributed by atoms with Crippen molar-refractivity contribution in [3.05, 3.63) is 81.7 Å². The molecule has 0 spiro atoms. The Morgan fingerprint density at radius 1 is 1.04 bits per heavy atom. The highest BCUT2D eigenvalue weighted by molar-refractivity contribution is 5.66. The Bertz CT molecular complexity index is 946. The molecule has 0 aliphatic heterocycles. The van der Waals surface area contributed by atoms with E-state index >= 15 is 0 Å². The van der Waals surface area contributed by atoms with E-state index in [4.69, 9.17) is 4.74 Å². The van der Waals surface area contributed by atoms with E-state index in [1.807, 2.05) is 26.0 Å². The molecule has 138 valence electrons. The maximum Gasteiger partial charge on any atom is 0.269 e. The number of nitrogens with zero attached hydrogens (tertiary/aromatic N) is 2. The number of pyridine rings is 1. The number of aromatic hydroxyl groups is 1.